The number of thiocarbonyl (C=S) groups is 1. The van der Waals surface area contributed by atoms with Gasteiger partial charge in [-0.3, -0.25) is 4.79 Å². The Hall–Kier alpha value is -0.720. The Morgan fingerprint density at radius 1 is 1.47 bits per heavy atom. The highest BCUT2D eigenvalue weighted by Gasteiger charge is 2.28. The molecule has 0 saturated carbocycles. The number of methoxy groups -OCH3 is 1. The normalized spacial score (nSPS) is 12.5. The summed E-state index contributed by atoms with van der Waals surface area (Å²) in [4.78, 5) is 13.9. The molecule has 1 atom stereocenters. The van der Waals surface area contributed by atoms with E-state index in [1.54, 1.807) is 7.11 Å². The van der Waals surface area contributed by atoms with Gasteiger partial charge < -0.3 is 20.5 Å². The number of nitrogens with zero attached hydrogens (tertiary/aromatic N) is 1. The molecule has 0 fully saturated rings. The van der Waals surface area contributed by atoms with E-state index in [0.29, 0.717) is 13.2 Å². The highest BCUT2D eigenvalue weighted by Crippen LogP contribution is 2.14. The standard InChI is InChI=1S/C11H22N2O3S/c1-8(2)9(10(12)17)11(15)13(4-6-14)5-7-16-3/h8-9,14H,4-7H2,1-3H3,(H2,12,17). The first-order valence-corrected chi connectivity index (χ1v) is 6.04. The van der Waals surface area contributed by atoms with E-state index in [4.69, 9.17) is 27.8 Å². The maximum absolute atomic E-state index is 12.2. The summed E-state index contributed by atoms with van der Waals surface area (Å²) in [6.07, 6.45) is 0. The van der Waals surface area contributed by atoms with Crippen molar-refractivity contribution in [2.24, 2.45) is 17.6 Å². The molecule has 0 rings (SSSR count). The van der Waals surface area contributed by atoms with Gasteiger partial charge in [0.2, 0.25) is 5.91 Å². The molecule has 100 valence electrons. The Bertz CT molecular complexity index is 259. The van der Waals surface area contributed by atoms with E-state index < -0.39 is 5.92 Å². The lowest BCUT2D eigenvalue weighted by Gasteiger charge is -2.28. The number of aliphatic hydroxyl groups is 1. The van der Waals surface area contributed by atoms with E-state index in [1.165, 1.54) is 4.90 Å². The summed E-state index contributed by atoms with van der Waals surface area (Å²) >= 11 is 4.92. The van der Waals surface area contributed by atoms with Gasteiger partial charge in [0.15, 0.2) is 0 Å². The van der Waals surface area contributed by atoms with Gasteiger partial charge >= 0.3 is 0 Å². The van der Waals surface area contributed by atoms with Crippen molar-refractivity contribution in [3.63, 3.8) is 0 Å². The number of hydrogen-bond donors (Lipinski definition) is 2. The van der Waals surface area contributed by atoms with Crippen molar-refractivity contribution in [1.29, 1.82) is 0 Å². The van der Waals surface area contributed by atoms with Crippen LogP contribution in [0.5, 0.6) is 0 Å². The lowest BCUT2D eigenvalue weighted by molar-refractivity contribution is -0.135. The van der Waals surface area contributed by atoms with Crippen LogP contribution in [0.25, 0.3) is 0 Å². The molecule has 3 N–H and O–H groups in total. The number of carbonyl (C=O) groups is 1. The van der Waals surface area contributed by atoms with Crippen molar-refractivity contribution < 1.29 is 14.6 Å². The first kappa shape index (κ1) is 16.3. The minimum atomic E-state index is -0.478. The lowest BCUT2D eigenvalue weighted by Crippen LogP contribution is -2.45. The fraction of sp³-hybridized carbons (Fsp3) is 0.818. The Balaban J connectivity index is 4.71. The van der Waals surface area contributed by atoms with Crippen LogP contribution in [0.2, 0.25) is 0 Å². The van der Waals surface area contributed by atoms with Gasteiger partial charge in [-0.25, -0.2) is 0 Å². The van der Waals surface area contributed by atoms with Crippen LogP contribution in [-0.2, 0) is 9.53 Å². The molecule has 0 bridgehead atoms. The molecule has 0 aliphatic rings. The van der Waals surface area contributed by atoms with Gasteiger partial charge in [0.05, 0.1) is 24.1 Å². The summed E-state index contributed by atoms with van der Waals surface area (Å²) in [5, 5.41) is 8.95. The van der Waals surface area contributed by atoms with Gasteiger partial charge in [-0.05, 0) is 5.92 Å². The van der Waals surface area contributed by atoms with Crippen molar-refractivity contribution in [3.8, 4) is 0 Å². The monoisotopic (exact) mass is 262 g/mol. The van der Waals surface area contributed by atoms with E-state index >= 15 is 0 Å². The number of ether oxygens (including phenoxy) is 1. The van der Waals surface area contributed by atoms with E-state index in [0.717, 1.165) is 0 Å². The van der Waals surface area contributed by atoms with Gasteiger partial charge in [-0.1, -0.05) is 26.1 Å². The molecule has 6 heteroatoms. The third kappa shape index (κ3) is 5.43. The Kier molecular flexibility index (Phi) is 8.03. The molecule has 0 spiro atoms. The zero-order valence-corrected chi connectivity index (χ0v) is 11.5. The van der Waals surface area contributed by atoms with Crippen molar-refractivity contribution in [2.45, 2.75) is 13.8 Å². The Morgan fingerprint density at radius 2 is 2.06 bits per heavy atom. The highest BCUT2D eigenvalue weighted by molar-refractivity contribution is 7.80. The van der Waals surface area contributed by atoms with Crippen LogP contribution in [-0.4, -0.2) is 54.3 Å². The number of rotatable bonds is 8. The summed E-state index contributed by atoms with van der Waals surface area (Å²) in [6.45, 7) is 4.84. The topological polar surface area (TPSA) is 75.8 Å². The van der Waals surface area contributed by atoms with E-state index in [1.807, 2.05) is 13.8 Å². The molecule has 0 aliphatic heterocycles. The van der Waals surface area contributed by atoms with Crippen molar-refractivity contribution in [1.82, 2.24) is 4.90 Å². The molecule has 1 unspecified atom stereocenters. The molecule has 5 nitrogen and oxygen atoms in total. The highest BCUT2D eigenvalue weighted by atomic mass is 32.1. The molecule has 0 aliphatic carbocycles. The predicted octanol–water partition coefficient (Wildman–Crippen LogP) is 0.0120. The van der Waals surface area contributed by atoms with Crippen LogP contribution in [0.1, 0.15) is 13.8 Å². The zero-order chi connectivity index (χ0) is 13.4. The minimum absolute atomic E-state index is 0.0451. The largest absolute Gasteiger partial charge is 0.395 e. The molecule has 0 aromatic heterocycles. The van der Waals surface area contributed by atoms with Crippen LogP contribution in [0.3, 0.4) is 0 Å². The van der Waals surface area contributed by atoms with Gasteiger partial charge in [0.25, 0.3) is 0 Å². The summed E-state index contributed by atoms with van der Waals surface area (Å²) in [6, 6.07) is 0. The number of nitrogens with two attached hydrogens (primary N) is 1. The first-order valence-electron chi connectivity index (χ1n) is 5.63. The zero-order valence-electron chi connectivity index (χ0n) is 10.7. The quantitative estimate of drug-likeness (QED) is 0.603. The fourth-order valence-corrected chi connectivity index (χ4v) is 1.96. The maximum atomic E-state index is 12.2. The number of amides is 1. The van der Waals surface area contributed by atoms with Gasteiger partial charge in [-0.2, -0.15) is 0 Å². The van der Waals surface area contributed by atoms with E-state index in [9.17, 15) is 4.79 Å². The number of hydrogen-bond acceptors (Lipinski definition) is 4. The molecule has 1 amide bonds. The summed E-state index contributed by atoms with van der Waals surface area (Å²) < 4.78 is 4.93. The molecular formula is C11H22N2O3S. The second-order valence-corrected chi connectivity index (χ2v) is 4.64. The first-order chi connectivity index (χ1) is 7.95. The molecule has 0 saturated heterocycles. The van der Waals surface area contributed by atoms with Crippen LogP contribution in [0, 0.1) is 11.8 Å². The second-order valence-electron chi connectivity index (χ2n) is 4.17. The summed E-state index contributed by atoms with van der Waals surface area (Å²) in [5.74, 6) is -0.573. The molecule has 0 aromatic carbocycles. The van der Waals surface area contributed by atoms with Crippen LogP contribution in [0.4, 0.5) is 0 Å². The third-order valence-electron chi connectivity index (χ3n) is 2.49. The van der Waals surface area contributed by atoms with Crippen molar-refractivity contribution in [3.05, 3.63) is 0 Å². The average molecular weight is 262 g/mol. The second kappa shape index (κ2) is 8.38. The van der Waals surface area contributed by atoms with Crippen LogP contribution >= 0.6 is 12.2 Å². The smallest absolute Gasteiger partial charge is 0.232 e. The summed E-state index contributed by atoms with van der Waals surface area (Å²) in [5.41, 5.74) is 5.59. The lowest BCUT2D eigenvalue weighted by atomic mass is 9.94. The van der Waals surface area contributed by atoms with E-state index in [2.05, 4.69) is 0 Å². The summed E-state index contributed by atoms with van der Waals surface area (Å²) in [7, 11) is 1.56. The van der Waals surface area contributed by atoms with Gasteiger partial charge in [0.1, 0.15) is 0 Å². The van der Waals surface area contributed by atoms with E-state index in [-0.39, 0.29) is 30.0 Å². The number of aliphatic hydroxyl groups excluding tert-OH is 1. The van der Waals surface area contributed by atoms with Crippen molar-refractivity contribution in [2.75, 3.05) is 33.4 Å². The molecule has 0 aromatic rings. The predicted molar refractivity (Wildman–Crippen MR) is 70.7 cm³/mol. The number of carbonyl (C=O) groups excluding carboxylic acids is 1. The Morgan fingerprint density at radius 3 is 2.41 bits per heavy atom. The fourth-order valence-electron chi connectivity index (χ4n) is 1.59. The molecule has 0 radical (unpaired) electrons. The van der Waals surface area contributed by atoms with Crippen molar-refractivity contribution >= 4 is 23.1 Å². The van der Waals surface area contributed by atoms with Gasteiger partial charge in [-0.15, -0.1) is 0 Å². The maximum Gasteiger partial charge on any atom is 0.232 e. The van der Waals surface area contributed by atoms with Gasteiger partial charge in [0, 0.05) is 20.2 Å². The molecule has 17 heavy (non-hydrogen) atoms. The molecular weight excluding hydrogens is 240 g/mol. The van der Waals surface area contributed by atoms with Crippen LogP contribution < -0.4 is 5.73 Å². The minimum Gasteiger partial charge on any atom is -0.395 e. The third-order valence-corrected chi connectivity index (χ3v) is 2.74. The SMILES string of the molecule is COCCN(CCO)C(=O)C(C(N)=S)C(C)C. The molecule has 0 heterocycles. The van der Waals surface area contributed by atoms with Crippen LogP contribution in [0.15, 0.2) is 0 Å². The Labute approximate surface area is 108 Å². The average Bonchev–Trinajstić information content (AvgIpc) is 2.22.